The third kappa shape index (κ3) is 8.90. The molecule has 0 saturated heterocycles. The molecule has 0 fully saturated rings. The van der Waals surface area contributed by atoms with E-state index in [0.29, 0.717) is 37.7 Å². The van der Waals surface area contributed by atoms with Crippen LogP contribution in [0.15, 0.2) is 12.3 Å². The molecule has 0 aliphatic heterocycles. The van der Waals surface area contributed by atoms with E-state index in [9.17, 15) is 9.59 Å². The summed E-state index contributed by atoms with van der Waals surface area (Å²) in [5.41, 5.74) is 0.118. The van der Waals surface area contributed by atoms with Crippen molar-refractivity contribution >= 4 is 24.4 Å². The second-order valence-corrected chi connectivity index (χ2v) is 7.37. The highest BCUT2D eigenvalue weighted by Gasteiger charge is 2.18. The molecule has 0 saturated carbocycles. The van der Waals surface area contributed by atoms with Crippen LogP contribution in [0.25, 0.3) is 6.08 Å². The van der Waals surface area contributed by atoms with Gasteiger partial charge in [-0.15, -0.1) is 0 Å². The number of hydrogen-bond donors (Lipinski definition) is 1. The number of aryl methyl sites for hydroxylation is 1. The van der Waals surface area contributed by atoms with Gasteiger partial charge in [0, 0.05) is 38.9 Å². The number of hydrogen-bond acceptors (Lipinski definition) is 6. The van der Waals surface area contributed by atoms with E-state index in [1.807, 2.05) is 27.7 Å². The van der Waals surface area contributed by atoms with E-state index in [2.05, 4.69) is 10.4 Å². The lowest BCUT2D eigenvalue weighted by Crippen LogP contribution is -2.38. The highest BCUT2D eigenvalue weighted by Crippen LogP contribution is 2.16. The van der Waals surface area contributed by atoms with Gasteiger partial charge in [0.15, 0.2) is 0 Å². The zero-order chi connectivity index (χ0) is 21.2. The van der Waals surface area contributed by atoms with E-state index in [4.69, 9.17) is 14.2 Å². The SMILES string of the molecule is COCCO/C=C/c1cc(N(C)C=O)n(CCC(C)NC(=O)OC(C)(C)C)n1. The summed E-state index contributed by atoms with van der Waals surface area (Å²) in [5.74, 6) is 0.649. The topological polar surface area (TPSA) is 94.9 Å². The van der Waals surface area contributed by atoms with Crippen LogP contribution in [0, 0.1) is 0 Å². The maximum Gasteiger partial charge on any atom is 0.407 e. The smallest absolute Gasteiger partial charge is 0.407 e. The molecule has 1 unspecified atom stereocenters. The monoisotopic (exact) mass is 396 g/mol. The van der Waals surface area contributed by atoms with Crippen molar-refractivity contribution < 1.29 is 23.8 Å². The van der Waals surface area contributed by atoms with Gasteiger partial charge in [-0.2, -0.15) is 5.10 Å². The number of anilines is 1. The van der Waals surface area contributed by atoms with Crippen LogP contribution in [-0.2, 0) is 25.5 Å². The summed E-state index contributed by atoms with van der Waals surface area (Å²) in [6.07, 6.45) is 4.15. The molecule has 0 spiro atoms. The summed E-state index contributed by atoms with van der Waals surface area (Å²) in [6, 6.07) is 1.67. The van der Waals surface area contributed by atoms with Crippen molar-refractivity contribution in [2.75, 3.05) is 32.3 Å². The Morgan fingerprint density at radius 1 is 1.39 bits per heavy atom. The van der Waals surface area contributed by atoms with E-state index in [-0.39, 0.29) is 6.04 Å². The van der Waals surface area contributed by atoms with E-state index in [1.54, 1.807) is 37.2 Å². The zero-order valence-corrected chi connectivity index (χ0v) is 17.6. The highest BCUT2D eigenvalue weighted by molar-refractivity contribution is 5.73. The molecular weight excluding hydrogens is 364 g/mol. The molecule has 0 radical (unpaired) electrons. The quantitative estimate of drug-likeness (QED) is 0.351. The predicted molar refractivity (Wildman–Crippen MR) is 107 cm³/mol. The van der Waals surface area contributed by atoms with Gasteiger partial charge >= 0.3 is 6.09 Å². The molecule has 1 N–H and O–H groups in total. The number of carbonyl (C=O) groups is 2. The largest absolute Gasteiger partial charge is 0.499 e. The lowest BCUT2D eigenvalue weighted by Gasteiger charge is -2.22. The summed E-state index contributed by atoms with van der Waals surface area (Å²) in [6.45, 7) is 8.80. The molecule has 0 aliphatic carbocycles. The summed E-state index contributed by atoms with van der Waals surface area (Å²) >= 11 is 0. The zero-order valence-electron chi connectivity index (χ0n) is 17.6. The Labute approximate surface area is 166 Å². The molecule has 1 aromatic heterocycles. The predicted octanol–water partition coefficient (Wildman–Crippen LogP) is 2.41. The number of nitrogens with zero attached hydrogens (tertiary/aromatic N) is 3. The fourth-order valence-corrected chi connectivity index (χ4v) is 2.22. The Morgan fingerprint density at radius 3 is 2.71 bits per heavy atom. The molecule has 1 atom stereocenters. The van der Waals surface area contributed by atoms with E-state index in [1.165, 1.54) is 4.90 Å². The Balaban J connectivity index is 2.69. The van der Waals surface area contributed by atoms with Crippen LogP contribution in [0.4, 0.5) is 10.6 Å². The molecule has 0 aromatic carbocycles. The Bertz CT molecular complexity index is 651. The number of carbonyl (C=O) groups excluding carboxylic acids is 2. The number of alkyl carbamates (subject to hydrolysis) is 1. The summed E-state index contributed by atoms with van der Waals surface area (Å²) < 4.78 is 17.2. The van der Waals surface area contributed by atoms with E-state index >= 15 is 0 Å². The third-order valence-electron chi connectivity index (χ3n) is 3.57. The summed E-state index contributed by atoms with van der Waals surface area (Å²) in [5, 5.41) is 7.28. The van der Waals surface area contributed by atoms with Crippen LogP contribution in [-0.4, -0.2) is 61.3 Å². The average molecular weight is 396 g/mol. The lowest BCUT2D eigenvalue weighted by molar-refractivity contribution is -0.107. The molecule has 9 heteroatoms. The van der Waals surface area contributed by atoms with Gasteiger partial charge in [-0.1, -0.05) is 0 Å². The van der Waals surface area contributed by atoms with Crippen LogP contribution in [0.1, 0.15) is 39.8 Å². The standard InChI is InChI=1S/C19H32N4O5/c1-15(20-18(25)28-19(2,3)4)7-9-23-17(22(5)14-24)13-16(21-23)8-10-27-12-11-26-6/h8,10,13-15H,7,9,11-12H2,1-6H3,(H,20,25)/b10-8+. The molecule has 2 amide bonds. The second kappa shape index (κ2) is 11.3. The molecule has 158 valence electrons. The van der Waals surface area contributed by atoms with Crippen LogP contribution >= 0.6 is 0 Å². The first-order valence-corrected chi connectivity index (χ1v) is 9.19. The van der Waals surface area contributed by atoms with Gasteiger partial charge in [0.2, 0.25) is 6.41 Å². The van der Waals surface area contributed by atoms with Gasteiger partial charge in [0.25, 0.3) is 0 Å². The minimum absolute atomic E-state index is 0.121. The Hall–Kier alpha value is -2.55. The number of amides is 2. The molecule has 0 aliphatic rings. The number of methoxy groups -OCH3 is 1. The summed E-state index contributed by atoms with van der Waals surface area (Å²) in [7, 11) is 3.26. The first kappa shape index (κ1) is 23.5. The maximum absolute atomic E-state index is 11.9. The fourth-order valence-electron chi connectivity index (χ4n) is 2.22. The molecule has 0 bridgehead atoms. The molecular formula is C19H32N4O5. The van der Waals surface area contributed by atoms with E-state index < -0.39 is 11.7 Å². The maximum atomic E-state index is 11.9. The fraction of sp³-hybridized carbons (Fsp3) is 0.632. The van der Waals surface area contributed by atoms with Crippen LogP contribution < -0.4 is 10.2 Å². The summed E-state index contributed by atoms with van der Waals surface area (Å²) in [4.78, 5) is 24.5. The van der Waals surface area contributed by atoms with Crippen molar-refractivity contribution in [3.63, 3.8) is 0 Å². The first-order valence-electron chi connectivity index (χ1n) is 9.19. The van der Waals surface area contributed by atoms with Crippen LogP contribution in [0.2, 0.25) is 0 Å². The van der Waals surface area contributed by atoms with Gasteiger partial charge in [-0.05, 0) is 34.1 Å². The molecule has 1 heterocycles. The van der Waals surface area contributed by atoms with Crippen molar-refractivity contribution in [2.24, 2.45) is 0 Å². The number of ether oxygens (including phenoxy) is 3. The van der Waals surface area contributed by atoms with Gasteiger partial charge < -0.3 is 24.4 Å². The third-order valence-corrected chi connectivity index (χ3v) is 3.57. The van der Waals surface area contributed by atoms with Gasteiger partial charge in [0.1, 0.15) is 18.0 Å². The van der Waals surface area contributed by atoms with Crippen LogP contribution in [0.3, 0.4) is 0 Å². The van der Waals surface area contributed by atoms with Crippen molar-refractivity contribution in [3.05, 3.63) is 18.0 Å². The normalized spacial score (nSPS) is 12.6. The van der Waals surface area contributed by atoms with Crippen molar-refractivity contribution in [3.8, 4) is 0 Å². The number of rotatable bonds is 11. The molecule has 1 rings (SSSR count). The van der Waals surface area contributed by atoms with Gasteiger partial charge in [-0.25, -0.2) is 9.48 Å². The number of nitrogens with one attached hydrogen (secondary N) is 1. The van der Waals surface area contributed by atoms with Crippen molar-refractivity contribution in [1.29, 1.82) is 0 Å². The van der Waals surface area contributed by atoms with Crippen molar-refractivity contribution in [2.45, 2.75) is 52.3 Å². The highest BCUT2D eigenvalue weighted by atomic mass is 16.6. The van der Waals surface area contributed by atoms with Gasteiger partial charge in [-0.3, -0.25) is 4.79 Å². The minimum atomic E-state index is -0.543. The lowest BCUT2D eigenvalue weighted by atomic mass is 10.2. The Morgan fingerprint density at radius 2 is 2.11 bits per heavy atom. The van der Waals surface area contributed by atoms with Crippen LogP contribution in [0.5, 0.6) is 0 Å². The minimum Gasteiger partial charge on any atom is -0.499 e. The Kier molecular flexibility index (Phi) is 9.50. The van der Waals surface area contributed by atoms with Crippen molar-refractivity contribution in [1.82, 2.24) is 15.1 Å². The van der Waals surface area contributed by atoms with E-state index in [0.717, 1.165) is 6.41 Å². The second-order valence-electron chi connectivity index (χ2n) is 7.37. The molecule has 9 nitrogen and oxygen atoms in total. The molecule has 28 heavy (non-hydrogen) atoms. The average Bonchev–Trinajstić information content (AvgIpc) is 3.00. The number of aromatic nitrogens is 2. The van der Waals surface area contributed by atoms with Gasteiger partial charge in [0.05, 0.1) is 18.6 Å². The first-order chi connectivity index (χ1) is 13.2. The molecule has 1 aromatic rings.